The maximum Gasteiger partial charge on any atom is 0.313 e. The molecule has 19 heavy (non-hydrogen) atoms. The van der Waals surface area contributed by atoms with Crippen molar-refractivity contribution in [3.8, 4) is 0 Å². The van der Waals surface area contributed by atoms with Crippen LogP contribution in [0.25, 0.3) is 0 Å². The fraction of sp³-hybridized carbons (Fsp3) is 0.500. The van der Waals surface area contributed by atoms with E-state index < -0.39 is 5.41 Å². The number of hydrogen-bond acceptors (Lipinski definition) is 4. The topological polar surface area (TPSA) is 61.6 Å². The summed E-state index contributed by atoms with van der Waals surface area (Å²) in [6.45, 7) is 1.64. The number of rotatable bonds is 4. The predicted octanol–water partition coefficient (Wildman–Crippen LogP) is 2.14. The van der Waals surface area contributed by atoms with Gasteiger partial charge in [0.15, 0.2) is 0 Å². The Labute approximate surface area is 117 Å². The zero-order valence-corrected chi connectivity index (χ0v) is 11.5. The van der Waals surface area contributed by atoms with Gasteiger partial charge in [0.2, 0.25) is 0 Å². The molecule has 0 saturated carbocycles. The summed E-state index contributed by atoms with van der Waals surface area (Å²) in [5.74, 6) is -0.238. The van der Waals surface area contributed by atoms with Gasteiger partial charge < -0.3 is 15.2 Å². The van der Waals surface area contributed by atoms with Crippen molar-refractivity contribution in [2.24, 2.45) is 11.1 Å². The van der Waals surface area contributed by atoms with Gasteiger partial charge in [0.25, 0.3) is 0 Å². The first-order chi connectivity index (χ1) is 9.16. The molecule has 1 aliphatic rings. The minimum Gasteiger partial charge on any atom is -0.460 e. The largest absolute Gasteiger partial charge is 0.460 e. The van der Waals surface area contributed by atoms with Crippen LogP contribution in [-0.4, -0.2) is 25.7 Å². The summed E-state index contributed by atoms with van der Waals surface area (Å²) in [4.78, 5) is 12.2. The highest BCUT2D eigenvalue weighted by molar-refractivity contribution is 6.30. The van der Waals surface area contributed by atoms with Crippen LogP contribution in [0.5, 0.6) is 0 Å². The molecule has 1 aromatic rings. The third kappa shape index (κ3) is 3.47. The van der Waals surface area contributed by atoms with Crippen LogP contribution in [-0.2, 0) is 20.9 Å². The Morgan fingerprint density at radius 3 is 2.79 bits per heavy atom. The maximum atomic E-state index is 12.2. The molecule has 0 bridgehead atoms. The molecule has 4 nitrogen and oxygen atoms in total. The van der Waals surface area contributed by atoms with Crippen LogP contribution in [0.1, 0.15) is 18.4 Å². The zero-order chi connectivity index (χ0) is 13.7. The van der Waals surface area contributed by atoms with Gasteiger partial charge in [-0.3, -0.25) is 4.79 Å². The Bertz CT molecular complexity index is 444. The van der Waals surface area contributed by atoms with Gasteiger partial charge in [-0.15, -0.1) is 0 Å². The second-order valence-corrected chi connectivity index (χ2v) is 5.24. The first-order valence-corrected chi connectivity index (χ1v) is 6.74. The molecule has 1 aliphatic heterocycles. The molecule has 104 valence electrons. The molecule has 0 radical (unpaired) electrons. The smallest absolute Gasteiger partial charge is 0.313 e. The number of carbonyl (C=O) groups is 1. The third-order valence-corrected chi connectivity index (χ3v) is 3.77. The molecule has 2 N–H and O–H groups in total. The number of benzene rings is 1. The van der Waals surface area contributed by atoms with Gasteiger partial charge in [0, 0.05) is 24.8 Å². The van der Waals surface area contributed by atoms with Gasteiger partial charge >= 0.3 is 5.97 Å². The van der Waals surface area contributed by atoms with Gasteiger partial charge in [-0.1, -0.05) is 23.7 Å². The van der Waals surface area contributed by atoms with Crippen molar-refractivity contribution in [1.29, 1.82) is 0 Å². The van der Waals surface area contributed by atoms with Crippen molar-refractivity contribution < 1.29 is 14.3 Å². The number of carbonyl (C=O) groups excluding carboxylic acids is 1. The van der Waals surface area contributed by atoms with Gasteiger partial charge in [-0.05, 0) is 30.5 Å². The number of hydrogen-bond donors (Lipinski definition) is 1. The molecule has 1 fully saturated rings. The first kappa shape index (κ1) is 14.3. The molecule has 1 aromatic carbocycles. The molecule has 0 aliphatic carbocycles. The average Bonchev–Trinajstić information content (AvgIpc) is 2.45. The summed E-state index contributed by atoms with van der Waals surface area (Å²) in [6, 6.07) is 7.28. The van der Waals surface area contributed by atoms with Crippen molar-refractivity contribution in [2.45, 2.75) is 19.4 Å². The SMILES string of the molecule is NCC1(C(=O)OCc2cccc(Cl)c2)CCOCC1. The lowest BCUT2D eigenvalue weighted by atomic mass is 9.80. The standard InChI is InChI=1S/C14H18ClNO3/c15-12-3-1-2-11(8-12)9-19-13(17)14(10-16)4-6-18-7-5-14/h1-3,8H,4-7,9-10,16H2. The van der Waals surface area contributed by atoms with E-state index in [-0.39, 0.29) is 12.6 Å². The van der Waals surface area contributed by atoms with Gasteiger partial charge in [0.1, 0.15) is 6.61 Å². The molecule has 0 amide bonds. The van der Waals surface area contributed by atoms with E-state index in [4.69, 9.17) is 26.8 Å². The second kappa shape index (κ2) is 6.37. The Morgan fingerprint density at radius 1 is 1.42 bits per heavy atom. The van der Waals surface area contributed by atoms with E-state index in [0.29, 0.717) is 37.6 Å². The number of ether oxygens (including phenoxy) is 2. The number of halogens is 1. The molecule has 1 heterocycles. The lowest BCUT2D eigenvalue weighted by Crippen LogP contribution is -2.44. The fourth-order valence-electron chi connectivity index (χ4n) is 2.18. The molecule has 5 heteroatoms. The molecule has 0 unspecified atom stereocenters. The fourth-order valence-corrected chi connectivity index (χ4v) is 2.40. The summed E-state index contributed by atoms with van der Waals surface area (Å²) in [5.41, 5.74) is 6.04. The van der Waals surface area contributed by atoms with Crippen LogP contribution < -0.4 is 5.73 Å². The number of esters is 1. The van der Waals surface area contributed by atoms with Crippen molar-refractivity contribution in [1.82, 2.24) is 0 Å². The highest BCUT2D eigenvalue weighted by atomic mass is 35.5. The maximum absolute atomic E-state index is 12.2. The third-order valence-electron chi connectivity index (χ3n) is 3.53. The Balaban J connectivity index is 1.96. The van der Waals surface area contributed by atoms with E-state index in [2.05, 4.69) is 0 Å². The molecule has 0 atom stereocenters. The molecular weight excluding hydrogens is 266 g/mol. The Morgan fingerprint density at radius 2 is 2.16 bits per heavy atom. The Kier molecular flexibility index (Phi) is 4.80. The van der Waals surface area contributed by atoms with E-state index in [1.165, 1.54) is 0 Å². The molecule has 1 saturated heterocycles. The van der Waals surface area contributed by atoms with Crippen molar-refractivity contribution in [3.05, 3.63) is 34.9 Å². The zero-order valence-electron chi connectivity index (χ0n) is 10.7. The normalized spacial score (nSPS) is 18.0. The van der Waals surface area contributed by atoms with Gasteiger partial charge in [-0.25, -0.2) is 0 Å². The molecule has 2 rings (SSSR count). The van der Waals surface area contributed by atoms with E-state index in [1.807, 2.05) is 12.1 Å². The van der Waals surface area contributed by atoms with Gasteiger partial charge in [0.05, 0.1) is 5.41 Å². The van der Waals surface area contributed by atoms with Crippen molar-refractivity contribution >= 4 is 17.6 Å². The van der Waals surface area contributed by atoms with Crippen LogP contribution in [0.3, 0.4) is 0 Å². The minimum atomic E-state index is -0.586. The van der Waals surface area contributed by atoms with Crippen LogP contribution in [0, 0.1) is 5.41 Å². The molecular formula is C14H18ClNO3. The van der Waals surface area contributed by atoms with E-state index in [9.17, 15) is 4.79 Å². The lowest BCUT2D eigenvalue weighted by molar-refractivity contribution is -0.162. The monoisotopic (exact) mass is 283 g/mol. The summed E-state index contributed by atoms with van der Waals surface area (Å²) >= 11 is 5.89. The van der Waals surface area contributed by atoms with Crippen LogP contribution in [0.4, 0.5) is 0 Å². The van der Waals surface area contributed by atoms with Crippen molar-refractivity contribution in [3.63, 3.8) is 0 Å². The highest BCUT2D eigenvalue weighted by Gasteiger charge is 2.40. The predicted molar refractivity (Wildman–Crippen MR) is 72.8 cm³/mol. The highest BCUT2D eigenvalue weighted by Crippen LogP contribution is 2.31. The lowest BCUT2D eigenvalue weighted by Gasteiger charge is -2.33. The molecule has 0 spiro atoms. The van der Waals surface area contributed by atoms with Crippen LogP contribution >= 0.6 is 11.6 Å². The summed E-state index contributed by atoms with van der Waals surface area (Å²) in [5, 5.41) is 0.633. The van der Waals surface area contributed by atoms with Crippen molar-refractivity contribution in [2.75, 3.05) is 19.8 Å². The van der Waals surface area contributed by atoms with Crippen LogP contribution in [0.2, 0.25) is 5.02 Å². The van der Waals surface area contributed by atoms with E-state index >= 15 is 0 Å². The second-order valence-electron chi connectivity index (χ2n) is 4.80. The quantitative estimate of drug-likeness (QED) is 0.860. The Hall–Kier alpha value is -1.10. The van der Waals surface area contributed by atoms with Crippen LogP contribution in [0.15, 0.2) is 24.3 Å². The summed E-state index contributed by atoms with van der Waals surface area (Å²) in [7, 11) is 0. The minimum absolute atomic E-state index is 0.224. The summed E-state index contributed by atoms with van der Waals surface area (Å²) in [6.07, 6.45) is 1.25. The van der Waals surface area contributed by atoms with E-state index in [0.717, 1.165) is 5.56 Å². The first-order valence-electron chi connectivity index (χ1n) is 6.36. The molecule has 0 aromatic heterocycles. The average molecular weight is 284 g/mol. The van der Waals surface area contributed by atoms with Gasteiger partial charge in [-0.2, -0.15) is 0 Å². The summed E-state index contributed by atoms with van der Waals surface area (Å²) < 4.78 is 10.7. The number of nitrogens with two attached hydrogens (primary N) is 1. The van der Waals surface area contributed by atoms with E-state index in [1.54, 1.807) is 12.1 Å².